The molecule has 0 saturated heterocycles. The normalized spacial score (nSPS) is 11.9. The summed E-state index contributed by atoms with van der Waals surface area (Å²) in [6.45, 7) is 2.09. The summed E-state index contributed by atoms with van der Waals surface area (Å²) in [4.78, 5) is 18.0. The molecule has 4 aromatic rings. The average molecular weight is 492 g/mol. The third-order valence-electron chi connectivity index (χ3n) is 5.07. The van der Waals surface area contributed by atoms with Gasteiger partial charge in [0.1, 0.15) is 5.75 Å². The second kappa shape index (κ2) is 9.55. The maximum atomic E-state index is 13.2. The number of nitrogens with zero attached hydrogens (tertiary/aromatic N) is 2. The third kappa shape index (κ3) is 4.73. The van der Waals surface area contributed by atoms with Gasteiger partial charge in [0.15, 0.2) is 4.80 Å². The molecule has 34 heavy (non-hydrogen) atoms. The van der Waals surface area contributed by atoms with Gasteiger partial charge < -0.3 is 9.30 Å². The first-order valence-electron chi connectivity index (χ1n) is 10.2. The Labute approximate surface area is 201 Å². The Balaban J connectivity index is 1.75. The van der Waals surface area contributed by atoms with Crippen molar-refractivity contribution in [3.8, 4) is 18.1 Å². The fourth-order valence-electron chi connectivity index (χ4n) is 3.34. The van der Waals surface area contributed by atoms with E-state index in [9.17, 15) is 13.2 Å². The summed E-state index contributed by atoms with van der Waals surface area (Å²) in [7, 11) is -2.31. The van der Waals surface area contributed by atoms with Crippen LogP contribution in [0.5, 0.6) is 5.75 Å². The van der Waals surface area contributed by atoms with Gasteiger partial charge in [-0.25, -0.2) is 8.42 Å². The zero-order chi connectivity index (χ0) is 24.3. The number of amides is 1. The van der Waals surface area contributed by atoms with E-state index in [4.69, 9.17) is 11.2 Å². The van der Waals surface area contributed by atoms with Gasteiger partial charge in [-0.2, -0.15) is 4.99 Å². The minimum Gasteiger partial charge on any atom is -0.497 e. The van der Waals surface area contributed by atoms with Crippen LogP contribution in [-0.2, 0) is 16.6 Å². The number of para-hydroxylation sites is 1. The molecule has 0 spiro atoms. The Morgan fingerprint density at radius 2 is 1.88 bits per heavy atom. The number of methoxy groups -OCH3 is 1. The molecule has 4 rings (SSSR count). The van der Waals surface area contributed by atoms with Crippen molar-refractivity contribution in [2.45, 2.75) is 18.4 Å². The second-order valence-electron chi connectivity index (χ2n) is 7.39. The van der Waals surface area contributed by atoms with Gasteiger partial charge in [-0.3, -0.25) is 9.52 Å². The number of thiazole rings is 1. The van der Waals surface area contributed by atoms with E-state index in [0.717, 1.165) is 15.8 Å². The summed E-state index contributed by atoms with van der Waals surface area (Å²) in [5, 5.41) is 0. The lowest BCUT2D eigenvalue weighted by Crippen LogP contribution is -2.18. The minimum atomic E-state index is -3.89. The van der Waals surface area contributed by atoms with Crippen LogP contribution < -0.4 is 14.3 Å². The molecule has 0 fully saturated rings. The Kier molecular flexibility index (Phi) is 6.54. The van der Waals surface area contributed by atoms with Crippen LogP contribution in [-0.4, -0.2) is 26.0 Å². The van der Waals surface area contributed by atoms with Gasteiger partial charge in [0.2, 0.25) is 0 Å². The topological polar surface area (TPSA) is 89.8 Å². The molecule has 1 aromatic heterocycles. The van der Waals surface area contributed by atoms with Crippen LogP contribution in [0.3, 0.4) is 0 Å². The van der Waals surface area contributed by atoms with E-state index in [1.54, 1.807) is 35.9 Å². The highest BCUT2D eigenvalue weighted by Crippen LogP contribution is 2.24. The summed E-state index contributed by atoms with van der Waals surface area (Å²) in [6.07, 6.45) is 5.54. The predicted octanol–water partition coefficient (Wildman–Crippen LogP) is 4.19. The zero-order valence-corrected chi connectivity index (χ0v) is 20.1. The number of sulfonamides is 1. The number of fused-ring (bicyclic) bond motifs is 1. The minimum absolute atomic E-state index is 0.0996. The molecule has 172 valence electrons. The molecule has 0 aliphatic heterocycles. The number of benzene rings is 3. The van der Waals surface area contributed by atoms with Crippen LogP contribution in [0.1, 0.15) is 15.9 Å². The summed E-state index contributed by atoms with van der Waals surface area (Å²) < 4.78 is 36.2. The van der Waals surface area contributed by atoms with E-state index in [2.05, 4.69) is 15.6 Å². The number of nitrogens with one attached hydrogen (secondary N) is 1. The van der Waals surface area contributed by atoms with E-state index in [0.29, 0.717) is 10.6 Å². The maximum absolute atomic E-state index is 13.2. The zero-order valence-electron chi connectivity index (χ0n) is 18.5. The molecular formula is C25H21N3O4S2. The molecule has 0 aliphatic rings. The summed E-state index contributed by atoms with van der Waals surface area (Å²) in [5.41, 5.74) is 2.03. The number of aryl methyl sites for hydroxylation is 1. The monoisotopic (exact) mass is 491 g/mol. The molecule has 9 heteroatoms. The van der Waals surface area contributed by atoms with Crippen LogP contribution in [0.25, 0.3) is 10.2 Å². The summed E-state index contributed by atoms with van der Waals surface area (Å²) >= 11 is 1.29. The number of hydrogen-bond donors (Lipinski definition) is 1. The number of terminal acetylenes is 1. The van der Waals surface area contributed by atoms with Gasteiger partial charge in [0.05, 0.1) is 40.0 Å². The Morgan fingerprint density at radius 1 is 1.15 bits per heavy atom. The van der Waals surface area contributed by atoms with Gasteiger partial charge in [0, 0.05) is 0 Å². The highest BCUT2D eigenvalue weighted by Gasteiger charge is 2.19. The standard InChI is InChI=1S/C25H21N3O4S2/c1-4-15-28-22-14-11-18(32-3)16-23(22)33-25(28)26-24(29)20-7-5-6-8-21(20)27-34(30,31)19-12-9-17(2)10-13-19/h1,5-14,16,27H,15H2,2-3H3. The van der Waals surface area contributed by atoms with Crippen molar-refractivity contribution < 1.29 is 17.9 Å². The average Bonchev–Trinajstić information content (AvgIpc) is 3.15. The number of hydrogen-bond acceptors (Lipinski definition) is 5. The second-order valence-corrected chi connectivity index (χ2v) is 10.1. The number of aromatic nitrogens is 1. The van der Waals surface area contributed by atoms with Crippen molar-refractivity contribution in [2.75, 3.05) is 11.8 Å². The molecular weight excluding hydrogens is 470 g/mol. The first-order chi connectivity index (χ1) is 16.3. The molecule has 1 amide bonds. The van der Waals surface area contributed by atoms with Gasteiger partial charge in [-0.05, 0) is 49.4 Å². The van der Waals surface area contributed by atoms with Crippen LogP contribution in [0, 0.1) is 19.3 Å². The molecule has 3 aromatic carbocycles. The summed E-state index contributed by atoms with van der Waals surface area (Å²) in [6, 6.07) is 18.3. The smallest absolute Gasteiger partial charge is 0.281 e. The number of carbonyl (C=O) groups is 1. The fourth-order valence-corrected chi connectivity index (χ4v) is 5.47. The molecule has 0 bridgehead atoms. The third-order valence-corrected chi connectivity index (χ3v) is 7.49. The van der Waals surface area contributed by atoms with Crippen molar-refractivity contribution in [3.63, 3.8) is 0 Å². The molecule has 0 atom stereocenters. The predicted molar refractivity (Wildman–Crippen MR) is 134 cm³/mol. The molecule has 0 saturated carbocycles. The summed E-state index contributed by atoms with van der Waals surface area (Å²) in [5.74, 6) is 2.67. The lowest BCUT2D eigenvalue weighted by Gasteiger charge is -2.11. The highest BCUT2D eigenvalue weighted by atomic mass is 32.2. The largest absolute Gasteiger partial charge is 0.497 e. The number of rotatable bonds is 6. The van der Waals surface area contributed by atoms with E-state index in [1.165, 1.54) is 35.6 Å². The Morgan fingerprint density at radius 3 is 2.59 bits per heavy atom. The van der Waals surface area contributed by atoms with Crippen molar-refractivity contribution in [2.24, 2.45) is 4.99 Å². The van der Waals surface area contributed by atoms with Gasteiger partial charge in [-0.1, -0.05) is 47.1 Å². The molecule has 1 heterocycles. The maximum Gasteiger partial charge on any atom is 0.281 e. The Bertz CT molecular complexity index is 1590. The van der Waals surface area contributed by atoms with Crippen molar-refractivity contribution in [3.05, 3.63) is 82.7 Å². The molecule has 1 N–H and O–H groups in total. The highest BCUT2D eigenvalue weighted by molar-refractivity contribution is 7.92. The first kappa shape index (κ1) is 23.3. The lowest BCUT2D eigenvalue weighted by molar-refractivity contribution is 0.0998. The van der Waals surface area contributed by atoms with Gasteiger partial charge in [0.25, 0.3) is 15.9 Å². The van der Waals surface area contributed by atoms with Crippen molar-refractivity contribution in [1.82, 2.24) is 4.57 Å². The van der Waals surface area contributed by atoms with Crippen LogP contribution in [0.2, 0.25) is 0 Å². The van der Waals surface area contributed by atoms with E-state index in [1.807, 2.05) is 25.1 Å². The lowest BCUT2D eigenvalue weighted by atomic mass is 10.2. The molecule has 7 nitrogen and oxygen atoms in total. The first-order valence-corrected chi connectivity index (χ1v) is 12.5. The molecule has 0 aliphatic carbocycles. The molecule has 0 radical (unpaired) electrons. The van der Waals surface area contributed by atoms with E-state index >= 15 is 0 Å². The van der Waals surface area contributed by atoms with Crippen LogP contribution >= 0.6 is 11.3 Å². The van der Waals surface area contributed by atoms with E-state index < -0.39 is 15.9 Å². The fraction of sp³-hybridized carbons (Fsp3) is 0.120. The quantitative estimate of drug-likeness (QED) is 0.410. The Hall–Kier alpha value is -3.87. The molecule has 0 unspecified atom stereocenters. The number of anilines is 1. The number of carbonyl (C=O) groups excluding carboxylic acids is 1. The van der Waals surface area contributed by atoms with Gasteiger partial charge in [-0.15, -0.1) is 6.42 Å². The van der Waals surface area contributed by atoms with Crippen molar-refractivity contribution in [1.29, 1.82) is 0 Å². The SMILES string of the molecule is C#CCn1c(=NC(=O)c2ccccc2NS(=O)(=O)c2ccc(C)cc2)sc2cc(OC)ccc21. The van der Waals surface area contributed by atoms with Crippen LogP contribution in [0.4, 0.5) is 5.69 Å². The van der Waals surface area contributed by atoms with Gasteiger partial charge >= 0.3 is 0 Å². The van der Waals surface area contributed by atoms with E-state index in [-0.39, 0.29) is 22.7 Å². The van der Waals surface area contributed by atoms with Crippen LogP contribution in [0.15, 0.2) is 76.6 Å². The number of ether oxygens (including phenoxy) is 1. The van der Waals surface area contributed by atoms with Crippen molar-refractivity contribution >= 4 is 43.2 Å².